The third-order valence-corrected chi connectivity index (χ3v) is 4.20. The van der Waals surface area contributed by atoms with Crippen molar-refractivity contribution in [2.45, 2.75) is 11.8 Å². The van der Waals surface area contributed by atoms with E-state index < -0.39 is 11.4 Å². The van der Waals surface area contributed by atoms with Gasteiger partial charge in [0.15, 0.2) is 0 Å². The first kappa shape index (κ1) is 12.2. The highest BCUT2D eigenvalue weighted by atomic mass is 16.4. The summed E-state index contributed by atoms with van der Waals surface area (Å²) in [7, 11) is 1.87. The Balaban J connectivity index is 2.05. The Morgan fingerprint density at radius 2 is 2.05 bits per heavy atom. The summed E-state index contributed by atoms with van der Waals surface area (Å²) in [6.07, 6.45) is 0.724. The number of hydrogen-bond acceptors (Lipinski definition) is 2. The molecular weight excluding hydrogens is 238 g/mol. The summed E-state index contributed by atoms with van der Waals surface area (Å²) < 4.78 is 0. The molecule has 1 fully saturated rings. The molecule has 0 saturated heterocycles. The summed E-state index contributed by atoms with van der Waals surface area (Å²) in [6, 6.07) is 14.1. The molecule has 0 heterocycles. The Morgan fingerprint density at radius 3 is 2.74 bits per heavy atom. The zero-order valence-corrected chi connectivity index (χ0v) is 10.9. The number of aliphatic carboxylic acids is 1. The summed E-state index contributed by atoms with van der Waals surface area (Å²) >= 11 is 0. The van der Waals surface area contributed by atoms with Crippen LogP contribution in [0.2, 0.25) is 0 Å². The van der Waals surface area contributed by atoms with E-state index in [0.717, 1.165) is 29.3 Å². The predicted octanol–water partition coefficient (Wildman–Crippen LogP) is 2.40. The van der Waals surface area contributed by atoms with Crippen LogP contribution < -0.4 is 5.32 Å². The van der Waals surface area contributed by atoms with Crippen molar-refractivity contribution in [1.29, 1.82) is 0 Å². The van der Waals surface area contributed by atoms with Gasteiger partial charge in [0, 0.05) is 0 Å². The van der Waals surface area contributed by atoms with Gasteiger partial charge in [-0.3, -0.25) is 4.79 Å². The van der Waals surface area contributed by atoms with Gasteiger partial charge in [-0.25, -0.2) is 0 Å². The van der Waals surface area contributed by atoms with Crippen LogP contribution in [0.3, 0.4) is 0 Å². The van der Waals surface area contributed by atoms with Gasteiger partial charge in [0.25, 0.3) is 0 Å². The lowest BCUT2D eigenvalue weighted by atomic mass is 9.91. The molecule has 3 rings (SSSR count). The molecule has 2 aromatic carbocycles. The van der Waals surface area contributed by atoms with Crippen LogP contribution in [0, 0.1) is 5.92 Å². The minimum atomic E-state index is -0.706. The van der Waals surface area contributed by atoms with E-state index in [0.29, 0.717) is 0 Å². The van der Waals surface area contributed by atoms with E-state index in [4.69, 9.17) is 0 Å². The molecule has 1 saturated carbocycles. The average molecular weight is 255 g/mol. The number of benzene rings is 2. The molecule has 1 aliphatic rings. The Hall–Kier alpha value is -1.87. The molecule has 2 aromatic rings. The molecule has 0 spiro atoms. The fraction of sp³-hybridized carbons (Fsp3) is 0.312. The molecule has 2 N–H and O–H groups in total. The molecule has 3 nitrogen and oxygen atoms in total. The van der Waals surface area contributed by atoms with Gasteiger partial charge in [-0.05, 0) is 48.3 Å². The average Bonchev–Trinajstić information content (AvgIpc) is 3.14. The van der Waals surface area contributed by atoms with Crippen LogP contribution in [-0.2, 0) is 10.2 Å². The number of carboxylic acid groups (broad SMARTS) is 1. The molecule has 0 radical (unpaired) electrons. The van der Waals surface area contributed by atoms with E-state index in [-0.39, 0.29) is 5.92 Å². The fourth-order valence-corrected chi connectivity index (χ4v) is 3.03. The van der Waals surface area contributed by atoms with E-state index in [2.05, 4.69) is 5.32 Å². The summed E-state index contributed by atoms with van der Waals surface area (Å²) in [5.74, 6) is -0.515. The van der Waals surface area contributed by atoms with Crippen LogP contribution in [0.5, 0.6) is 0 Å². The lowest BCUT2D eigenvalue weighted by Crippen LogP contribution is -2.26. The zero-order valence-electron chi connectivity index (χ0n) is 10.9. The minimum Gasteiger partial charge on any atom is -0.481 e. The minimum absolute atomic E-state index is 0.191. The van der Waals surface area contributed by atoms with Gasteiger partial charge < -0.3 is 10.4 Å². The van der Waals surface area contributed by atoms with Gasteiger partial charge in [0.05, 0.1) is 5.41 Å². The van der Waals surface area contributed by atoms with Crippen molar-refractivity contribution < 1.29 is 9.90 Å². The Kier molecular flexibility index (Phi) is 2.79. The molecule has 3 heteroatoms. The Bertz CT molecular complexity index is 637. The summed E-state index contributed by atoms with van der Waals surface area (Å²) in [5.41, 5.74) is 0.242. The zero-order chi connectivity index (χ0) is 13.5. The largest absolute Gasteiger partial charge is 0.481 e. The van der Waals surface area contributed by atoms with Crippen molar-refractivity contribution >= 4 is 16.7 Å². The SMILES string of the molecule is CNCC1CC1(C(=O)O)c1ccc2ccccc2c1. The van der Waals surface area contributed by atoms with Crippen molar-refractivity contribution in [3.63, 3.8) is 0 Å². The smallest absolute Gasteiger partial charge is 0.314 e. The molecule has 19 heavy (non-hydrogen) atoms. The fourth-order valence-electron chi connectivity index (χ4n) is 3.03. The number of nitrogens with one attached hydrogen (secondary N) is 1. The first-order chi connectivity index (χ1) is 9.18. The van der Waals surface area contributed by atoms with Gasteiger partial charge in [-0.15, -0.1) is 0 Å². The highest BCUT2D eigenvalue weighted by Crippen LogP contribution is 2.54. The molecule has 0 aromatic heterocycles. The van der Waals surface area contributed by atoms with Gasteiger partial charge in [0.2, 0.25) is 0 Å². The first-order valence-corrected chi connectivity index (χ1v) is 6.56. The maximum atomic E-state index is 11.7. The number of rotatable bonds is 4. The summed E-state index contributed by atoms with van der Waals surface area (Å²) in [4.78, 5) is 11.7. The summed E-state index contributed by atoms with van der Waals surface area (Å²) in [6.45, 7) is 0.749. The molecule has 2 unspecified atom stereocenters. The predicted molar refractivity (Wildman–Crippen MR) is 75.3 cm³/mol. The molecule has 0 amide bonds. The highest BCUT2D eigenvalue weighted by Gasteiger charge is 2.61. The van der Waals surface area contributed by atoms with E-state index >= 15 is 0 Å². The maximum absolute atomic E-state index is 11.7. The highest BCUT2D eigenvalue weighted by molar-refractivity contribution is 5.90. The molecule has 0 bridgehead atoms. The molecular formula is C16H17NO2. The normalized spacial score (nSPS) is 25.4. The van der Waals surface area contributed by atoms with Crippen molar-refractivity contribution in [2.24, 2.45) is 5.92 Å². The van der Waals surface area contributed by atoms with E-state index in [9.17, 15) is 9.90 Å². The second-order valence-corrected chi connectivity index (χ2v) is 5.30. The summed E-state index contributed by atoms with van der Waals surface area (Å²) in [5, 5.41) is 14.9. The van der Waals surface area contributed by atoms with Crippen LogP contribution in [0.1, 0.15) is 12.0 Å². The third kappa shape index (κ3) is 1.81. The van der Waals surface area contributed by atoms with Crippen molar-refractivity contribution in [2.75, 3.05) is 13.6 Å². The quantitative estimate of drug-likeness (QED) is 0.882. The van der Waals surface area contributed by atoms with E-state index in [1.54, 1.807) is 0 Å². The Labute approximate surface area is 112 Å². The van der Waals surface area contributed by atoms with Crippen molar-refractivity contribution in [3.8, 4) is 0 Å². The topological polar surface area (TPSA) is 49.3 Å². The number of carboxylic acids is 1. The monoisotopic (exact) mass is 255 g/mol. The van der Waals surface area contributed by atoms with Crippen LogP contribution >= 0.6 is 0 Å². The van der Waals surface area contributed by atoms with Crippen LogP contribution in [0.25, 0.3) is 10.8 Å². The van der Waals surface area contributed by atoms with Crippen LogP contribution in [0.4, 0.5) is 0 Å². The van der Waals surface area contributed by atoms with Gasteiger partial charge >= 0.3 is 5.97 Å². The standard InChI is InChI=1S/C16H17NO2/c1-17-10-14-9-16(14,15(18)19)13-7-6-11-4-2-3-5-12(11)8-13/h2-8,14,17H,9-10H2,1H3,(H,18,19). The van der Waals surface area contributed by atoms with E-state index in [1.165, 1.54) is 0 Å². The first-order valence-electron chi connectivity index (χ1n) is 6.56. The lowest BCUT2D eigenvalue weighted by Gasteiger charge is -2.14. The van der Waals surface area contributed by atoms with Crippen molar-refractivity contribution in [3.05, 3.63) is 48.0 Å². The van der Waals surface area contributed by atoms with Crippen LogP contribution in [0.15, 0.2) is 42.5 Å². The number of carbonyl (C=O) groups is 1. The van der Waals surface area contributed by atoms with Gasteiger partial charge in [0.1, 0.15) is 0 Å². The van der Waals surface area contributed by atoms with E-state index in [1.807, 2.05) is 49.5 Å². The molecule has 0 aliphatic heterocycles. The van der Waals surface area contributed by atoms with Crippen LogP contribution in [-0.4, -0.2) is 24.7 Å². The molecule has 1 aliphatic carbocycles. The second-order valence-electron chi connectivity index (χ2n) is 5.30. The number of fused-ring (bicyclic) bond motifs is 1. The number of hydrogen-bond donors (Lipinski definition) is 2. The lowest BCUT2D eigenvalue weighted by molar-refractivity contribution is -0.140. The second kappa shape index (κ2) is 4.35. The van der Waals surface area contributed by atoms with Gasteiger partial charge in [-0.1, -0.05) is 36.4 Å². The van der Waals surface area contributed by atoms with Gasteiger partial charge in [-0.2, -0.15) is 0 Å². The molecule has 98 valence electrons. The molecule has 2 atom stereocenters. The van der Waals surface area contributed by atoms with Crippen molar-refractivity contribution in [1.82, 2.24) is 5.32 Å². The Morgan fingerprint density at radius 1 is 1.32 bits per heavy atom. The third-order valence-electron chi connectivity index (χ3n) is 4.20. The maximum Gasteiger partial charge on any atom is 0.314 e.